The molecule has 0 saturated heterocycles. The molecule has 7 heteroatoms. The molecule has 0 N–H and O–H groups in total. The molecule has 0 spiro atoms. The van der Waals surface area contributed by atoms with Gasteiger partial charge in [-0.2, -0.15) is 10.1 Å². The van der Waals surface area contributed by atoms with Crippen molar-refractivity contribution >= 4 is 12.9 Å². The van der Waals surface area contributed by atoms with Crippen molar-refractivity contribution in [2.75, 3.05) is 14.1 Å². The maximum absolute atomic E-state index is 4.19. The Morgan fingerprint density at radius 1 is 1.11 bits per heavy atom. The molecule has 0 heterocycles. The van der Waals surface area contributed by atoms with Crippen LogP contribution < -0.4 is 175 Å². The molecule has 0 atom stereocenters. The normalized spacial score (nSPS) is 6.67. The van der Waals surface area contributed by atoms with Gasteiger partial charge in [0.15, 0.2) is 0 Å². The van der Waals surface area contributed by atoms with Crippen LogP contribution in [0.5, 0.6) is 0 Å². The SMILES string of the molecule is CN(C)OO[S-].[Rb+].[Rb+].[Rb+]. The maximum atomic E-state index is 4.19. The fraction of sp³-hybridized carbons (Fsp3) is 1.00. The van der Waals surface area contributed by atoms with E-state index >= 15 is 0 Å². The van der Waals surface area contributed by atoms with Crippen molar-refractivity contribution in [2.45, 2.75) is 0 Å². The third-order valence-corrected chi connectivity index (χ3v) is 0.240. The van der Waals surface area contributed by atoms with Crippen molar-refractivity contribution in [3.63, 3.8) is 0 Å². The van der Waals surface area contributed by atoms with Crippen molar-refractivity contribution in [3.05, 3.63) is 0 Å². The first-order chi connectivity index (χ1) is 2.77. The Kier molecular flexibility index (Phi) is 51.5. The molecule has 0 bridgehead atoms. The van der Waals surface area contributed by atoms with Gasteiger partial charge in [0.25, 0.3) is 0 Å². The monoisotopic (exact) mass is 363 g/mol. The zero-order valence-electron chi connectivity index (χ0n) is 6.67. The Hall–Kier alpha value is 5.65. The number of rotatable bonds is 2. The molecule has 0 aromatic heterocycles. The van der Waals surface area contributed by atoms with Crippen molar-refractivity contribution in [2.24, 2.45) is 0 Å². The Morgan fingerprint density at radius 3 is 1.44 bits per heavy atom. The van der Waals surface area contributed by atoms with Crippen LogP contribution >= 0.6 is 0 Å². The molecule has 0 aliphatic rings. The van der Waals surface area contributed by atoms with E-state index in [2.05, 4.69) is 22.2 Å². The largest absolute Gasteiger partial charge is 1.00 e. The van der Waals surface area contributed by atoms with Crippen LogP contribution in [-0.4, -0.2) is 19.2 Å². The molecule has 9 heavy (non-hydrogen) atoms. The van der Waals surface area contributed by atoms with Gasteiger partial charge in [0.2, 0.25) is 0 Å². The van der Waals surface area contributed by atoms with E-state index in [0.717, 1.165) is 0 Å². The summed E-state index contributed by atoms with van der Waals surface area (Å²) in [6.45, 7) is 0. The molecule has 0 radical (unpaired) electrons. The van der Waals surface area contributed by atoms with Crippen LogP contribution in [0.3, 0.4) is 0 Å². The summed E-state index contributed by atoms with van der Waals surface area (Å²) in [7, 11) is 3.35. The predicted molar refractivity (Wildman–Crippen MR) is 23.2 cm³/mol. The molecule has 0 amide bonds. The van der Waals surface area contributed by atoms with Crippen LogP contribution in [-0.2, 0) is 22.2 Å². The topological polar surface area (TPSA) is 21.7 Å². The molecule has 0 aromatic rings. The number of hydroxylamine groups is 2. The third-order valence-electron chi connectivity index (χ3n) is 0.180. The van der Waals surface area contributed by atoms with Gasteiger partial charge in [-0.05, 0) is 0 Å². The molecule has 0 saturated carbocycles. The number of hydrogen-bond donors (Lipinski definition) is 0. The van der Waals surface area contributed by atoms with Crippen molar-refractivity contribution < 1.29 is 184 Å². The summed E-state index contributed by atoms with van der Waals surface area (Å²) in [5.41, 5.74) is 0. The molecular formula is C2H6NO2Rb3S+2. The standard InChI is InChI=1S/C2H7NO2S.3Rb/c1-3(2)4-5-6;;;/h6H,1-2H3;;;/q;3*+1/p-1. The molecular weight excluding hydrogens is 358 g/mol. The van der Waals surface area contributed by atoms with Crippen molar-refractivity contribution in [1.29, 1.82) is 0 Å². The zero-order chi connectivity index (χ0) is 4.99. The summed E-state index contributed by atoms with van der Waals surface area (Å²) in [6, 6.07) is 0. The Bertz CT molecular complexity index is 41.0. The van der Waals surface area contributed by atoms with Gasteiger partial charge in [0.1, 0.15) is 0 Å². The molecule has 0 fully saturated rings. The van der Waals surface area contributed by atoms with Gasteiger partial charge in [0.05, 0.1) is 0 Å². The quantitative estimate of drug-likeness (QED) is 0.276. The summed E-state index contributed by atoms with van der Waals surface area (Å²) in [5, 5.41) is 1.35. The second-order valence-corrected chi connectivity index (χ2v) is 1.09. The molecule has 0 rings (SSSR count). The van der Waals surface area contributed by atoms with Gasteiger partial charge in [-0.1, -0.05) is 0 Å². The smallest absolute Gasteiger partial charge is 0.580 e. The van der Waals surface area contributed by atoms with E-state index in [1.807, 2.05) is 0 Å². The van der Waals surface area contributed by atoms with E-state index in [-0.39, 0.29) is 175 Å². The van der Waals surface area contributed by atoms with E-state index in [4.69, 9.17) is 0 Å². The van der Waals surface area contributed by atoms with Crippen molar-refractivity contribution in [3.8, 4) is 0 Å². The van der Waals surface area contributed by atoms with Crippen LogP contribution in [0, 0.1) is 0 Å². The first kappa shape index (κ1) is 24.1. The summed E-state index contributed by atoms with van der Waals surface area (Å²) in [4.78, 5) is 4.19. The maximum Gasteiger partial charge on any atom is 1.00 e. The minimum Gasteiger partial charge on any atom is -0.580 e. The Labute approximate surface area is 208 Å². The molecule has 0 aliphatic carbocycles. The Morgan fingerprint density at radius 2 is 1.44 bits per heavy atom. The average Bonchev–Trinajstić information content (AvgIpc) is 1.35. The van der Waals surface area contributed by atoms with Gasteiger partial charge >= 0.3 is 175 Å². The first-order valence-electron chi connectivity index (χ1n) is 1.41. The molecule has 3 nitrogen and oxygen atoms in total. The van der Waals surface area contributed by atoms with Gasteiger partial charge < -0.3 is 17.2 Å². The van der Waals surface area contributed by atoms with E-state index in [1.165, 1.54) is 5.06 Å². The predicted octanol–water partition coefficient (Wildman–Crippen LogP) is -9.11. The second-order valence-electron chi connectivity index (χ2n) is 0.955. The average molecular weight is 365 g/mol. The van der Waals surface area contributed by atoms with Gasteiger partial charge in [-0.25, -0.2) is 0 Å². The number of hydrogen-bond acceptors (Lipinski definition) is 4. The summed E-state index contributed by atoms with van der Waals surface area (Å²) in [6.07, 6.45) is 0. The van der Waals surface area contributed by atoms with Crippen molar-refractivity contribution in [1.82, 2.24) is 5.06 Å². The van der Waals surface area contributed by atoms with Crippen LogP contribution in [0.4, 0.5) is 0 Å². The number of nitrogens with zero attached hydrogens (tertiary/aromatic N) is 1. The van der Waals surface area contributed by atoms with Gasteiger partial charge in [-0.3, -0.25) is 0 Å². The summed E-state index contributed by atoms with van der Waals surface area (Å²) < 4.78 is 3.81. The summed E-state index contributed by atoms with van der Waals surface area (Å²) >= 11 is 3.96. The molecule has 0 aromatic carbocycles. The van der Waals surface area contributed by atoms with Crippen LogP contribution in [0.15, 0.2) is 0 Å². The fourth-order valence-electron chi connectivity index (χ4n) is 0.0609. The van der Waals surface area contributed by atoms with E-state index < -0.39 is 0 Å². The van der Waals surface area contributed by atoms with Crippen LogP contribution in [0.25, 0.3) is 0 Å². The second kappa shape index (κ2) is 19.3. The van der Waals surface area contributed by atoms with Crippen LogP contribution in [0.2, 0.25) is 0 Å². The summed E-state index contributed by atoms with van der Waals surface area (Å²) in [5.74, 6) is 0. The van der Waals surface area contributed by atoms with Gasteiger partial charge in [-0.15, -0.1) is 0 Å². The molecule has 0 aliphatic heterocycles. The van der Waals surface area contributed by atoms with E-state index in [1.54, 1.807) is 14.1 Å². The molecule has 0 unspecified atom stereocenters. The fourth-order valence-corrected chi connectivity index (χ4v) is 0.183. The Balaban J connectivity index is -0.0000000417. The first-order valence-corrected chi connectivity index (χ1v) is 1.74. The van der Waals surface area contributed by atoms with Crippen LogP contribution in [0.1, 0.15) is 0 Å². The zero-order valence-corrected chi connectivity index (χ0v) is 22.2. The van der Waals surface area contributed by atoms with E-state index in [9.17, 15) is 0 Å². The third kappa shape index (κ3) is 24.8. The minimum atomic E-state index is 0. The molecule has 38 valence electrons. The minimum absolute atomic E-state index is 0. The van der Waals surface area contributed by atoms with E-state index in [0.29, 0.717) is 0 Å². The van der Waals surface area contributed by atoms with Gasteiger partial charge in [0, 0.05) is 14.1 Å².